The molecule has 158 valence electrons. The van der Waals surface area contributed by atoms with Crippen molar-refractivity contribution in [2.45, 2.75) is 32.5 Å². The van der Waals surface area contributed by atoms with Crippen LogP contribution < -0.4 is 9.47 Å². The van der Waals surface area contributed by atoms with E-state index in [-0.39, 0.29) is 34.2 Å². The Morgan fingerprint density at radius 1 is 0.700 bits per heavy atom. The van der Waals surface area contributed by atoms with Gasteiger partial charge in [0, 0.05) is 0 Å². The Kier molecular flexibility index (Phi) is 5.57. The predicted octanol–water partition coefficient (Wildman–Crippen LogP) is 6.75. The number of alkyl halides is 3. The fourth-order valence-electron chi connectivity index (χ4n) is 2.82. The highest BCUT2D eigenvalue weighted by Crippen LogP contribution is 2.39. The number of ether oxygens (including phenoxy) is 2. The number of hydrogen-bond donors (Lipinski definition) is 2. The number of hydrogen-bond acceptors (Lipinski definition) is 4. The van der Waals surface area contributed by atoms with E-state index in [1.54, 1.807) is 18.2 Å². The van der Waals surface area contributed by atoms with Gasteiger partial charge in [0.05, 0.1) is 0 Å². The molecule has 3 aromatic rings. The van der Waals surface area contributed by atoms with Crippen LogP contribution in [0.1, 0.15) is 26.3 Å². The van der Waals surface area contributed by atoms with Crippen LogP contribution in [-0.2, 0) is 5.41 Å². The fraction of sp³-hybridized carbons (Fsp3) is 0.217. The first-order chi connectivity index (χ1) is 13.9. The van der Waals surface area contributed by atoms with Crippen molar-refractivity contribution in [3.63, 3.8) is 0 Å². The summed E-state index contributed by atoms with van der Waals surface area (Å²) < 4.78 is 46.3. The minimum absolute atomic E-state index is 0.0499. The lowest BCUT2D eigenvalue weighted by atomic mass is 9.87. The van der Waals surface area contributed by atoms with Gasteiger partial charge in [-0.05, 0) is 58.5 Å². The zero-order valence-electron chi connectivity index (χ0n) is 16.6. The van der Waals surface area contributed by atoms with Crippen LogP contribution in [0.5, 0.6) is 28.7 Å². The Morgan fingerprint density at radius 3 is 1.73 bits per heavy atom. The zero-order chi connectivity index (χ0) is 22.1. The minimum atomic E-state index is -4.75. The van der Waals surface area contributed by atoms with Crippen LogP contribution >= 0.6 is 0 Å². The summed E-state index contributed by atoms with van der Waals surface area (Å²) >= 11 is 0. The number of phenols is 2. The standard InChI is InChI=1S/C23H21F3O4/c1-22(2,3)16-7-11-21(19(28)13-16)29-20-10-6-15(12-18(20)27)14-4-8-17(9-5-14)30-23(24,25)26/h4-13,27-28H,1-3H3. The van der Waals surface area contributed by atoms with Crippen LogP contribution in [-0.4, -0.2) is 16.6 Å². The van der Waals surface area contributed by atoms with Gasteiger partial charge < -0.3 is 19.7 Å². The molecule has 0 spiro atoms. The molecule has 0 aliphatic carbocycles. The molecule has 0 aliphatic rings. The van der Waals surface area contributed by atoms with E-state index in [1.807, 2.05) is 26.8 Å². The SMILES string of the molecule is CC(C)(C)c1ccc(Oc2ccc(-c3ccc(OC(F)(F)F)cc3)cc2O)c(O)c1. The van der Waals surface area contributed by atoms with E-state index in [4.69, 9.17) is 4.74 Å². The molecule has 0 fully saturated rings. The summed E-state index contributed by atoms with van der Waals surface area (Å²) in [4.78, 5) is 0. The molecule has 0 aromatic heterocycles. The maximum Gasteiger partial charge on any atom is 0.573 e. The molecule has 3 rings (SSSR count). The summed E-state index contributed by atoms with van der Waals surface area (Å²) in [5.41, 5.74) is 1.96. The Bertz CT molecular complexity index is 1040. The second-order valence-electron chi connectivity index (χ2n) is 7.79. The lowest BCUT2D eigenvalue weighted by Gasteiger charge is -2.20. The van der Waals surface area contributed by atoms with Crippen molar-refractivity contribution in [3.8, 4) is 39.9 Å². The monoisotopic (exact) mass is 418 g/mol. The summed E-state index contributed by atoms with van der Waals surface area (Å²) in [5, 5.41) is 20.6. The molecule has 3 aromatic carbocycles. The van der Waals surface area contributed by atoms with Crippen molar-refractivity contribution in [3.05, 3.63) is 66.2 Å². The second-order valence-corrected chi connectivity index (χ2v) is 7.79. The Morgan fingerprint density at radius 2 is 1.23 bits per heavy atom. The van der Waals surface area contributed by atoms with Gasteiger partial charge in [-0.1, -0.05) is 45.0 Å². The van der Waals surface area contributed by atoms with Crippen LogP contribution in [0.2, 0.25) is 0 Å². The number of aromatic hydroxyl groups is 2. The van der Waals surface area contributed by atoms with E-state index in [0.717, 1.165) is 5.56 Å². The smallest absolute Gasteiger partial charge is 0.504 e. The number of rotatable bonds is 4. The maximum atomic E-state index is 12.3. The molecule has 0 aliphatic heterocycles. The summed E-state index contributed by atoms with van der Waals surface area (Å²) in [5.74, 6) is -0.229. The van der Waals surface area contributed by atoms with E-state index < -0.39 is 6.36 Å². The van der Waals surface area contributed by atoms with Gasteiger partial charge in [0.2, 0.25) is 0 Å². The molecule has 0 saturated heterocycles. The highest BCUT2D eigenvalue weighted by atomic mass is 19.4. The van der Waals surface area contributed by atoms with Crippen molar-refractivity contribution in [2.24, 2.45) is 0 Å². The highest BCUT2D eigenvalue weighted by Gasteiger charge is 2.31. The molecule has 0 atom stereocenters. The zero-order valence-corrected chi connectivity index (χ0v) is 16.6. The largest absolute Gasteiger partial charge is 0.573 e. The molecule has 0 unspecified atom stereocenters. The van der Waals surface area contributed by atoms with Crippen LogP contribution in [0.4, 0.5) is 13.2 Å². The molecule has 7 heteroatoms. The normalized spacial score (nSPS) is 11.9. The van der Waals surface area contributed by atoms with Gasteiger partial charge in [0.1, 0.15) is 5.75 Å². The topological polar surface area (TPSA) is 58.9 Å². The van der Waals surface area contributed by atoms with Crippen molar-refractivity contribution >= 4 is 0 Å². The summed E-state index contributed by atoms with van der Waals surface area (Å²) in [6, 6.07) is 15.0. The molecule has 0 amide bonds. The number of halogens is 3. The molecule has 0 bridgehead atoms. The first-order valence-electron chi connectivity index (χ1n) is 9.13. The quantitative estimate of drug-likeness (QED) is 0.492. The Labute approximate surface area is 172 Å². The van der Waals surface area contributed by atoms with Gasteiger partial charge in [-0.25, -0.2) is 0 Å². The van der Waals surface area contributed by atoms with E-state index in [1.165, 1.54) is 36.4 Å². The molecule has 2 N–H and O–H groups in total. The lowest BCUT2D eigenvalue weighted by Crippen LogP contribution is -2.16. The fourth-order valence-corrected chi connectivity index (χ4v) is 2.82. The van der Waals surface area contributed by atoms with Crippen molar-refractivity contribution < 1.29 is 32.9 Å². The average molecular weight is 418 g/mol. The van der Waals surface area contributed by atoms with Gasteiger partial charge in [0.15, 0.2) is 23.0 Å². The second kappa shape index (κ2) is 7.82. The minimum Gasteiger partial charge on any atom is -0.504 e. The molecule has 0 radical (unpaired) electrons. The van der Waals surface area contributed by atoms with Gasteiger partial charge in [-0.15, -0.1) is 13.2 Å². The van der Waals surface area contributed by atoms with E-state index in [9.17, 15) is 23.4 Å². The van der Waals surface area contributed by atoms with E-state index in [0.29, 0.717) is 11.1 Å². The highest BCUT2D eigenvalue weighted by molar-refractivity contribution is 5.68. The first-order valence-corrected chi connectivity index (χ1v) is 9.13. The van der Waals surface area contributed by atoms with Gasteiger partial charge in [0.25, 0.3) is 0 Å². The Hall–Kier alpha value is -3.35. The number of benzene rings is 3. The van der Waals surface area contributed by atoms with E-state index >= 15 is 0 Å². The molecule has 0 saturated carbocycles. The lowest BCUT2D eigenvalue weighted by molar-refractivity contribution is -0.274. The van der Waals surface area contributed by atoms with Gasteiger partial charge in [-0.2, -0.15) is 0 Å². The van der Waals surface area contributed by atoms with Crippen molar-refractivity contribution in [1.82, 2.24) is 0 Å². The molecular weight excluding hydrogens is 397 g/mol. The third-order valence-electron chi connectivity index (χ3n) is 4.43. The Balaban J connectivity index is 1.79. The summed E-state index contributed by atoms with van der Waals surface area (Å²) in [6.07, 6.45) is -4.75. The van der Waals surface area contributed by atoms with Crippen LogP contribution in [0.3, 0.4) is 0 Å². The maximum absolute atomic E-state index is 12.3. The molecule has 0 heterocycles. The number of phenolic OH excluding ortho intramolecular Hbond substituents is 2. The third kappa shape index (κ3) is 5.17. The summed E-state index contributed by atoms with van der Waals surface area (Å²) in [6.45, 7) is 6.07. The predicted molar refractivity (Wildman–Crippen MR) is 107 cm³/mol. The van der Waals surface area contributed by atoms with E-state index in [2.05, 4.69) is 4.74 Å². The first kappa shape index (κ1) is 21.4. The average Bonchev–Trinajstić information content (AvgIpc) is 2.63. The van der Waals surface area contributed by atoms with Crippen LogP contribution in [0.25, 0.3) is 11.1 Å². The molecule has 4 nitrogen and oxygen atoms in total. The van der Waals surface area contributed by atoms with Crippen LogP contribution in [0.15, 0.2) is 60.7 Å². The van der Waals surface area contributed by atoms with Crippen LogP contribution in [0, 0.1) is 0 Å². The molecule has 30 heavy (non-hydrogen) atoms. The van der Waals surface area contributed by atoms with Gasteiger partial charge in [-0.3, -0.25) is 0 Å². The van der Waals surface area contributed by atoms with Crippen molar-refractivity contribution in [2.75, 3.05) is 0 Å². The van der Waals surface area contributed by atoms with Gasteiger partial charge >= 0.3 is 6.36 Å². The summed E-state index contributed by atoms with van der Waals surface area (Å²) in [7, 11) is 0. The molecular formula is C23H21F3O4. The van der Waals surface area contributed by atoms with Crippen molar-refractivity contribution in [1.29, 1.82) is 0 Å². The third-order valence-corrected chi connectivity index (χ3v) is 4.43.